The van der Waals surface area contributed by atoms with Crippen molar-refractivity contribution in [2.75, 3.05) is 5.32 Å². The maximum absolute atomic E-state index is 11.5. The van der Waals surface area contributed by atoms with Crippen molar-refractivity contribution in [3.05, 3.63) is 29.8 Å². The minimum Gasteiger partial charge on any atom is -0.380 e. The van der Waals surface area contributed by atoms with Gasteiger partial charge in [-0.1, -0.05) is 19.1 Å². The third-order valence-electron chi connectivity index (χ3n) is 2.40. The van der Waals surface area contributed by atoms with Crippen LogP contribution < -0.4 is 5.32 Å². The first kappa shape index (κ1) is 13.8. The van der Waals surface area contributed by atoms with Gasteiger partial charge in [-0.25, -0.2) is 0 Å². The van der Waals surface area contributed by atoms with Gasteiger partial charge in [0.2, 0.25) is 0 Å². The smallest absolute Gasteiger partial charge is 0.137 e. The van der Waals surface area contributed by atoms with Crippen molar-refractivity contribution in [2.24, 2.45) is 0 Å². The van der Waals surface area contributed by atoms with Crippen LogP contribution in [0, 0.1) is 0 Å². The van der Waals surface area contributed by atoms with E-state index in [2.05, 4.69) is 26.1 Å². The van der Waals surface area contributed by atoms with Crippen molar-refractivity contribution in [3.63, 3.8) is 0 Å². The Morgan fingerprint density at radius 1 is 1.18 bits per heavy atom. The molecular formula is C15H23NO. The molecule has 94 valence electrons. The van der Waals surface area contributed by atoms with Crippen LogP contribution in [-0.4, -0.2) is 11.3 Å². The largest absolute Gasteiger partial charge is 0.380 e. The van der Waals surface area contributed by atoms with Crippen molar-refractivity contribution in [1.29, 1.82) is 0 Å². The standard InChI is InChI=1S/C15H23NO/c1-5-6-14(17)11-12-7-9-13(10-8-12)16-15(2,3)4/h7-10,16H,5-6,11H2,1-4H3. The number of ketones is 1. The van der Waals surface area contributed by atoms with Crippen LogP contribution in [0.4, 0.5) is 5.69 Å². The minimum absolute atomic E-state index is 0.0690. The molecule has 1 N–H and O–H groups in total. The fourth-order valence-corrected chi connectivity index (χ4v) is 1.73. The van der Waals surface area contributed by atoms with E-state index >= 15 is 0 Å². The molecule has 0 saturated carbocycles. The first-order valence-electron chi connectivity index (χ1n) is 6.29. The molecule has 0 amide bonds. The second-order valence-corrected chi connectivity index (χ2v) is 5.54. The van der Waals surface area contributed by atoms with Gasteiger partial charge < -0.3 is 5.32 Å². The summed E-state index contributed by atoms with van der Waals surface area (Å²) < 4.78 is 0. The first-order valence-corrected chi connectivity index (χ1v) is 6.29. The van der Waals surface area contributed by atoms with Crippen molar-refractivity contribution < 1.29 is 4.79 Å². The van der Waals surface area contributed by atoms with E-state index < -0.39 is 0 Å². The van der Waals surface area contributed by atoms with Gasteiger partial charge in [0, 0.05) is 24.1 Å². The quantitative estimate of drug-likeness (QED) is 0.838. The van der Waals surface area contributed by atoms with Gasteiger partial charge in [-0.05, 0) is 44.9 Å². The number of hydrogen-bond acceptors (Lipinski definition) is 2. The predicted molar refractivity (Wildman–Crippen MR) is 73.4 cm³/mol. The van der Waals surface area contributed by atoms with Crippen LogP contribution in [0.5, 0.6) is 0 Å². The highest BCUT2D eigenvalue weighted by molar-refractivity contribution is 5.80. The first-order chi connectivity index (χ1) is 7.90. The third-order valence-corrected chi connectivity index (χ3v) is 2.40. The Labute approximate surface area is 104 Å². The maximum atomic E-state index is 11.5. The molecule has 0 bridgehead atoms. The van der Waals surface area contributed by atoms with Crippen LogP contribution in [0.3, 0.4) is 0 Å². The molecule has 0 unspecified atom stereocenters. The second-order valence-electron chi connectivity index (χ2n) is 5.54. The number of anilines is 1. The Bertz CT molecular complexity index is 360. The molecule has 0 spiro atoms. The van der Waals surface area contributed by atoms with Crippen LogP contribution in [-0.2, 0) is 11.2 Å². The zero-order chi connectivity index (χ0) is 12.9. The molecule has 0 fully saturated rings. The Morgan fingerprint density at radius 3 is 2.24 bits per heavy atom. The monoisotopic (exact) mass is 233 g/mol. The number of rotatable bonds is 5. The molecule has 0 aliphatic rings. The lowest BCUT2D eigenvalue weighted by atomic mass is 10.0. The number of hydrogen-bond donors (Lipinski definition) is 1. The molecule has 0 heterocycles. The van der Waals surface area contributed by atoms with E-state index in [1.54, 1.807) is 0 Å². The van der Waals surface area contributed by atoms with Gasteiger partial charge in [-0.3, -0.25) is 4.79 Å². The fraction of sp³-hybridized carbons (Fsp3) is 0.533. The number of carbonyl (C=O) groups excluding carboxylic acids is 1. The van der Waals surface area contributed by atoms with Gasteiger partial charge in [0.15, 0.2) is 0 Å². The van der Waals surface area contributed by atoms with E-state index in [1.165, 1.54) is 0 Å². The summed E-state index contributed by atoms with van der Waals surface area (Å²) in [7, 11) is 0. The Balaban J connectivity index is 2.59. The lowest BCUT2D eigenvalue weighted by molar-refractivity contribution is -0.118. The molecule has 0 saturated heterocycles. The van der Waals surface area contributed by atoms with Gasteiger partial charge in [0.05, 0.1) is 0 Å². The fourth-order valence-electron chi connectivity index (χ4n) is 1.73. The van der Waals surface area contributed by atoms with Crippen molar-refractivity contribution in [2.45, 2.75) is 52.5 Å². The summed E-state index contributed by atoms with van der Waals surface area (Å²) in [6.07, 6.45) is 2.17. The van der Waals surface area contributed by atoms with Crippen LogP contribution in [0.2, 0.25) is 0 Å². The van der Waals surface area contributed by atoms with Gasteiger partial charge in [-0.2, -0.15) is 0 Å². The molecule has 2 nitrogen and oxygen atoms in total. The predicted octanol–water partition coefficient (Wildman–Crippen LogP) is 3.81. The summed E-state index contributed by atoms with van der Waals surface area (Å²) in [4.78, 5) is 11.5. The third kappa shape index (κ3) is 5.53. The van der Waals surface area contributed by atoms with Crippen molar-refractivity contribution >= 4 is 11.5 Å². The van der Waals surface area contributed by atoms with Gasteiger partial charge in [0.25, 0.3) is 0 Å². The summed E-state index contributed by atoms with van der Waals surface area (Å²) in [5.74, 6) is 0.323. The number of nitrogens with one attached hydrogen (secondary N) is 1. The molecule has 0 aliphatic heterocycles. The topological polar surface area (TPSA) is 29.1 Å². The molecule has 2 heteroatoms. The van der Waals surface area contributed by atoms with Crippen molar-refractivity contribution in [1.82, 2.24) is 0 Å². The van der Waals surface area contributed by atoms with Crippen LogP contribution >= 0.6 is 0 Å². The average Bonchev–Trinajstić information content (AvgIpc) is 2.19. The molecule has 0 radical (unpaired) electrons. The molecule has 0 aromatic heterocycles. The summed E-state index contributed by atoms with van der Waals surface area (Å²) in [6, 6.07) is 8.14. The van der Waals surface area contributed by atoms with Gasteiger partial charge >= 0.3 is 0 Å². The molecule has 0 aliphatic carbocycles. The molecule has 1 aromatic rings. The number of benzene rings is 1. The number of carbonyl (C=O) groups is 1. The van der Waals surface area contributed by atoms with E-state index in [4.69, 9.17) is 0 Å². The molecule has 0 atom stereocenters. The van der Waals surface area contributed by atoms with E-state index in [9.17, 15) is 4.79 Å². The molecule has 1 rings (SSSR count). The minimum atomic E-state index is 0.0690. The molecule has 1 aromatic carbocycles. The average molecular weight is 233 g/mol. The maximum Gasteiger partial charge on any atom is 0.137 e. The molecular weight excluding hydrogens is 210 g/mol. The Hall–Kier alpha value is -1.31. The molecule has 17 heavy (non-hydrogen) atoms. The zero-order valence-electron chi connectivity index (χ0n) is 11.3. The summed E-state index contributed by atoms with van der Waals surface area (Å²) in [5, 5.41) is 3.40. The lowest BCUT2D eigenvalue weighted by Crippen LogP contribution is -2.25. The Kier molecular flexibility index (Phi) is 4.73. The van der Waals surface area contributed by atoms with Crippen molar-refractivity contribution in [3.8, 4) is 0 Å². The summed E-state index contributed by atoms with van der Waals surface area (Å²) in [6.45, 7) is 8.43. The zero-order valence-corrected chi connectivity index (χ0v) is 11.3. The highest BCUT2D eigenvalue weighted by atomic mass is 16.1. The van der Waals surface area contributed by atoms with E-state index in [0.717, 1.165) is 17.7 Å². The van der Waals surface area contributed by atoms with E-state index in [1.807, 2.05) is 31.2 Å². The van der Waals surface area contributed by atoms with Gasteiger partial charge in [-0.15, -0.1) is 0 Å². The summed E-state index contributed by atoms with van der Waals surface area (Å²) in [5.41, 5.74) is 2.27. The van der Waals surface area contributed by atoms with E-state index in [0.29, 0.717) is 18.6 Å². The highest BCUT2D eigenvalue weighted by Gasteiger charge is 2.09. The van der Waals surface area contributed by atoms with Crippen LogP contribution in [0.1, 0.15) is 46.1 Å². The number of Topliss-reactive ketones (excluding diaryl/α,β-unsaturated/α-hetero) is 1. The van der Waals surface area contributed by atoms with Gasteiger partial charge in [0.1, 0.15) is 5.78 Å². The SMILES string of the molecule is CCCC(=O)Cc1ccc(NC(C)(C)C)cc1. The van der Waals surface area contributed by atoms with E-state index in [-0.39, 0.29) is 5.54 Å². The Morgan fingerprint density at radius 2 is 1.76 bits per heavy atom. The summed E-state index contributed by atoms with van der Waals surface area (Å²) >= 11 is 0. The second kappa shape index (κ2) is 5.85. The van der Waals surface area contributed by atoms with Crippen LogP contribution in [0.15, 0.2) is 24.3 Å². The lowest BCUT2D eigenvalue weighted by Gasteiger charge is -2.22. The van der Waals surface area contributed by atoms with Crippen LogP contribution in [0.25, 0.3) is 0 Å². The normalized spacial score (nSPS) is 11.3. The highest BCUT2D eigenvalue weighted by Crippen LogP contribution is 2.16.